The van der Waals surface area contributed by atoms with E-state index in [9.17, 15) is 13.0 Å². The van der Waals surface area contributed by atoms with Crippen LogP contribution in [0.2, 0.25) is 0 Å². The highest BCUT2D eigenvalue weighted by atomic mass is 32.2. The minimum absolute atomic E-state index is 0.0490. The van der Waals surface area contributed by atoms with Gasteiger partial charge in [0, 0.05) is 17.3 Å². The minimum atomic E-state index is -4.21. The average Bonchev–Trinajstić information content (AvgIpc) is 2.36. The normalized spacial score (nSPS) is 11.5. The van der Waals surface area contributed by atoms with Crippen LogP contribution in [0.15, 0.2) is 36.7 Å². The van der Waals surface area contributed by atoms with Gasteiger partial charge in [-0.2, -0.15) is 0 Å². The molecule has 0 unspecified atom stereocenters. The Kier molecular flexibility index (Phi) is 3.87. The Morgan fingerprint density at radius 1 is 1.32 bits per heavy atom. The summed E-state index contributed by atoms with van der Waals surface area (Å²) in [6.07, 6.45) is 3.23. The monoisotopic (exact) mass is 279 g/mol. The molecule has 0 aliphatic heterocycles. The summed E-state index contributed by atoms with van der Waals surface area (Å²) in [7, 11) is -4.21. The summed E-state index contributed by atoms with van der Waals surface area (Å²) in [6, 6.07) is 7.46. The molecular formula is C12H13N3O3S. The Labute approximate surface area is 111 Å². The molecular weight excluding hydrogens is 266 g/mol. The molecule has 0 aliphatic rings. The standard InChI is InChI=1S/C12H13N3O3S/c1-10-3-2-4-12(14-10)11-5-6-15(13-9-11)7-8-19(16,17)18/h2-6,9H,7-8H2,1H3. The van der Waals surface area contributed by atoms with E-state index >= 15 is 0 Å². The number of aromatic nitrogens is 3. The number of hydrogen-bond donors (Lipinski definition) is 0. The van der Waals surface area contributed by atoms with Crippen LogP contribution in [0.1, 0.15) is 5.69 Å². The second kappa shape index (κ2) is 5.41. The van der Waals surface area contributed by atoms with Crippen molar-refractivity contribution < 1.29 is 17.7 Å². The molecule has 6 nitrogen and oxygen atoms in total. The summed E-state index contributed by atoms with van der Waals surface area (Å²) in [4.78, 5) is 4.36. The predicted molar refractivity (Wildman–Crippen MR) is 67.0 cm³/mol. The van der Waals surface area contributed by atoms with E-state index in [1.165, 1.54) is 4.68 Å². The Balaban J connectivity index is 2.15. The molecule has 0 saturated carbocycles. The molecule has 0 aliphatic carbocycles. The first-order chi connectivity index (χ1) is 8.94. The smallest absolute Gasteiger partial charge is 0.197 e. The Hall–Kier alpha value is -1.86. The second-order valence-electron chi connectivity index (χ2n) is 4.10. The Morgan fingerprint density at radius 2 is 2.11 bits per heavy atom. The summed E-state index contributed by atoms with van der Waals surface area (Å²) >= 11 is 0. The van der Waals surface area contributed by atoms with Crippen molar-refractivity contribution >= 4 is 10.1 Å². The summed E-state index contributed by atoms with van der Waals surface area (Å²) in [6.45, 7) is 1.95. The fraction of sp³-hybridized carbons (Fsp3) is 0.250. The quantitative estimate of drug-likeness (QED) is 0.593. The summed E-state index contributed by atoms with van der Waals surface area (Å²) < 4.78 is 33.0. The average molecular weight is 279 g/mol. The van der Waals surface area contributed by atoms with Gasteiger partial charge in [0.25, 0.3) is 0 Å². The van der Waals surface area contributed by atoms with Crippen LogP contribution in [0, 0.1) is 6.92 Å². The van der Waals surface area contributed by atoms with Crippen LogP contribution in [0.5, 0.6) is 0 Å². The third-order valence-corrected chi connectivity index (χ3v) is 3.21. The summed E-state index contributed by atoms with van der Waals surface area (Å²) in [5.41, 5.74) is 2.55. The zero-order valence-corrected chi connectivity index (χ0v) is 11.2. The molecule has 0 N–H and O–H groups in total. The highest BCUT2D eigenvalue weighted by Crippen LogP contribution is 2.13. The van der Waals surface area contributed by atoms with Crippen molar-refractivity contribution in [2.75, 3.05) is 5.75 Å². The van der Waals surface area contributed by atoms with Crippen LogP contribution in [-0.2, 0) is 16.7 Å². The first kappa shape index (κ1) is 13.6. The first-order valence-corrected chi connectivity index (χ1v) is 7.25. The van der Waals surface area contributed by atoms with Crippen molar-refractivity contribution in [2.24, 2.45) is 0 Å². The van der Waals surface area contributed by atoms with Crippen molar-refractivity contribution in [2.45, 2.75) is 13.5 Å². The largest absolute Gasteiger partial charge is 0.748 e. The number of rotatable bonds is 4. The Morgan fingerprint density at radius 3 is 2.68 bits per heavy atom. The van der Waals surface area contributed by atoms with Gasteiger partial charge in [-0.05, 0) is 24.2 Å². The molecule has 0 bridgehead atoms. The maximum absolute atomic E-state index is 10.5. The van der Waals surface area contributed by atoms with E-state index in [0.29, 0.717) is 0 Å². The highest BCUT2D eigenvalue weighted by Gasteiger charge is 2.07. The van der Waals surface area contributed by atoms with Crippen molar-refractivity contribution in [3.05, 3.63) is 42.4 Å². The molecule has 0 amide bonds. The molecule has 0 atom stereocenters. The van der Waals surface area contributed by atoms with Crippen molar-refractivity contribution in [1.29, 1.82) is 0 Å². The third-order valence-electron chi connectivity index (χ3n) is 2.53. The van der Waals surface area contributed by atoms with Gasteiger partial charge >= 0.3 is 0 Å². The van der Waals surface area contributed by atoms with Gasteiger partial charge in [0.2, 0.25) is 0 Å². The van der Waals surface area contributed by atoms with Gasteiger partial charge in [-0.1, -0.05) is 10.7 Å². The molecule has 0 spiro atoms. The SMILES string of the molecule is Cc1cccc(-c2cc[n+](CCS(=O)(=O)[O-])nc2)n1. The van der Waals surface area contributed by atoms with Gasteiger partial charge in [0.15, 0.2) is 12.7 Å². The molecule has 0 fully saturated rings. The maximum atomic E-state index is 10.5. The zero-order chi connectivity index (χ0) is 13.9. The van der Waals surface area contributed by atoms with Gasteiger partial charge in [0.05, 0.1) is 11.4 Å². The van der Waals surface area contributed by atoms with E-state index in [1.54, 1.807) is 18.5 Å². The second-order valence-corrected chi connectivity index (χ2v) is 5.63. The van der Waals surface area contributed by atoms with Crippen LogP contribution in [0.3, 0.4) is 0 Å². The van der Waals surface area contributed by atoms with E-state index in [2.05, 4.69) is 10.1 Å². The number of aryl methyl sites for hydroxylation is 2. The van der Waals surface area contributed by atoms with E-state index in [4.69, 9.17) is 0 Å². The van der Waals surface area contributed by atoms with Crippen molar-refractivity contribution in [1.82, 2.24) is 10.1 Å². The van der Waals surface area contributed by atoms with Crippen molar-refractivity contribution in [3.8, 4) is 11.3 Å². The zero-order valence-electron chi connectivity index (χ0n) is 10.4. The lowest BCUT2D eigenvalue weighted by molar-refractivity contribution is -0.750. The Bertz CT molecular complexity index is 669. The lowest BCUT2D eigenvalue weighted by Crippen LogP contribution is -2.40. The minimum Gasteiger partial charge on any atom is -0.748 e. The molecule has 2 rings (SSSR count). The highest BCUT2D eigenvalue weighted by molar-refractivity contribution is 7.85. The topological polar surface area (TPSA) is 86.9 Å². The van der Waals surface area contributed by atoms with E-state index in [-0.39, 0.29) is 6.54 Å². The lowest BCUT2D eigenvalue weighted by Gasteiger charge is -2.03. The maximum Gasteiger partial charge on any atom is 0.197 e. The molecule has 0 saturated heterocycles. The lowest BCUT2D eigenvalue weighted by atomic mass is 10.2. The molecule has 7 heteroatoms. The first-order valence-electron chi connectivity index (χ1n) is 5.67. The van der Waals surface area contributed by atoms with Gasteiger partial charge in [-0.3, -0.25) is 4.98 Å². The van der Waals surface area contributed by atoms with E-state index < -0.39 is 15.9 Å². The molecule has 100 valence electrons. The van der Waals surface area contributed by atoms with Crippen LogP contribution < -0.4 is 4.68 Å². The number of hydrogen-bond acceptors (Lipinski definition) is 5. The number of pyridine rings is 1. The third kappa shape index (κ3) is 4.08. The van der Waals surface area contributed by atoms with E-state index in [0.717, 1.165) is 17.0 Å². The van der Waals surface area contributed by atoms with Gasteiger partial charge in [-0.15, -0.1) is 0 Å². The van der Waals surface area contributed by atoms with Crippen molar-refractivity contribution in [3.63, 3.8) is 0 Å². The van der Waals surface area contributed by atoms with Crippen LogP contribution in [0.25, 0.3) is 11.3 Å². The summed E-state index contributed by atoms with van der Waals surface area (Å²) in [5.74, 6) is -0.466. The predicted octanol–water partition coefficient (Wildman–Crippen LogP) is 0.285. The fourth-order valence-corrected chi connectivity index (χ4v) is 1.99. The molecule has 19 heavy (non-hydrogen) atoms. The fourth-order valence-electron chi connectivity index (χ4n) is 1.58. The summed E-state index contributed by atoms with van der Waals surface area (Å²) in [5, 5.41) is 4.06. The van der Waals surface area contributed by atoms with Gasteiger partial charge < -0.3 is 4.55 Å². The molecule has 0 aromatic carbocycles. The number of nitrogens with zero attached hydrogens (tertiary/aromatic N) is 3. The van der Waals surface area contributed by atoms with Crippen LogP contribution in [0.4, 0.5) is 0 Å². The molecule has 0 radical (unpaired) electrons. The molecule has 2 aromatic rings. The van der Waals surface area contributed by atoms with Crippen LogP contribution >= 0.6 is 0 Å². The van der Waals surface area contributed by atoms with E-state index in [1.807, 2.05) is 25.1 Å². The molecule has 2 heterocycles. The molecule has 2 aromatic heterocycles. The van der Waals surface area contributed by atoms with Gasteiger partial charge in [-0.25, -0.2) is 8.42 Å². The van der Waals surface area contributed by atoms with Crippen LogP contribution in [-0.4, -0.2) is 28.8 Å². The van der Waals surface area contributed by atoms with Gasteiger partial charge in [0.1, 0.15) is 16.3 Å².